The fraction of sp³-hybridized carbons (Fsp3) is 0.533. The summed E-state index contributed by atoms with van der Waals surface area (Å²) in [6, 6.07) is 1.86. The maximum absolute atomic E-state index is 12.7. The van der Waals surface area contributed by atoms with Gasteiger partial charge in [-0.25, -0.2) is 0 Å². The van der Waals surface area contributed by atoms with Crippen LogP contribution < -0.4 is 11.1 Å². The van der Waals surface area contributed by atoms with E-state index in [1.807, 2.05) is 26.8 Å². The predicted octanol–water partition coefficient (Wildman–Crippen LogP) is 3.20. The van der Waals surface area contributed by atoms with Gasteiger partial charge < -0.3 is 11.1 Å². The third kappa shape index (κ3) is 3.54. The molecule has 5 heteroatoms. The molecule has 0 bridgehead atoms. The van der Waals surface area contributed by atoms with E-state index in [1.54, 1.807) is 12.4 Å². The summed E-state index contributed by atoms with van der Waals surface area (Å²) in [6.45, 7) is 6.00. The zero-order chi connectivity index (χ0) is 15.2. The molecule has 1 amide bonds. The molecule has 0 fully saturated rings. The van der Waals surface area contributed by atoms with Crippen LogP contribution in [0.3, 0.4) is 0 Å². The van der Waals surface area contributed by atoms with Crippen molar-refractivity contribution in [2.45, 2.75) is 46.5 Å². The van der Waals surface area contributed by atoms with Gasteiger partial charge in [0.05, 0.1) is 22.3 Å². The predicted molar refractivity (Wildman–Crippen MR) is 86.6 cm³/mol. The van der Waals surface area contributed by atoms with Crippen LogP contribution in [0, 0.1) is 12.3 Å². The molecule has 0 spiro atoms. The van der Waals surface area contributed by atoms with E-state index in [0.717, 1.165) is 18.4 Å². The standard InChI is InChI=1S/C15H23N3OS/c1-4-7-15(8-5-2,13(16)20)14(19)18-12-10-17-9-6-11(12)3/h6,9-10H,4-5,7-8H2,1-3H3,(H2,16,20)(H,18,19). The highest BCUT2D eigenvalue weighted by Gasteiger charge is 2.39. The molecule has 1 aromatic rings. The lowest BCUT2D eigenvalue weighted by molar-refractivity contribution is -0.122. The SMILES string of the molecule is CCCC(CCC)(C(=O)Nc1cnccc1C)C(N)=S. The van der Waals surface area contributed by atoms with Gasteiger partial charge in [-0.3, -0.25) is 9.78 Å². The van der Waals surface area contributed by atoms with Crippen LogP contribution >= 0.6 is 12.2 Å². The number of pyridine rings is 1. The molecular weight excluding hydrogens is 270 g/mol. The molecule has 3 N–H and O–H groups in total. The average molecular weight is 293 g/mol. The minimum atomic E-state index is -0.763. The molecule has 0 aliphatic heterocycles. The van der Waals surface area contributed by atoms with Gasteiger partial charge in [0, 0.05) is 6.20 Å². The Balaban J connectivity index is 3.05. The van der Waals surface area contributed by atoms with Crippen molar-refractivity contribution in [1.29, 1.82) is 0 Å². The molecule has 110 valence electrons. The van der Waals surface area contributed by atoms with Crippen LogP contribution in [0.15, 0.2) is 18.5 Å². The molecule has 0 saturated heterocycles. The highest BCUT2D eigenvalue weighted by molar-refractivity contribution is 7.80. The van der Waals surface area contributed by atoms with Crippen LogP contribution in [-0.4, -0.2) is 15.9 Å². The Morgan fingerprint density at radius 3 is 2.45 bits per heavy atom. The van der Waals surface area contributed by atoms with Crippen molar-refractivity contribution in [3.63, 3.8) is 0 Å². The van der Waals surface area contributed by atoms with Crippen molar-refractivity contribution in [2.24, 2.45) is 11.1 Å². The molecule has 1 rings (SSSR count). The summed E-state index contributed by atoms with van der Waals surface area (Å²) >= 11 is 5.19. The topological polar surface area (TPSA) is 68.0 Å². The first kappa shape index (κ1) is 16.6. The highest BCUT2D eigenvalue weighted by Crippen LogP contribution is 2.32. The Morgan fingerprint density at radius 1 is 1.40 bits per heavy atom. The lowest BCUT2D eigenvalue weighted by Gasteiger charge is -2.31. The molecule has 4 nitrogen and oxygen atoms in total. The maximum atomic E-state index is 12.7. The molecule has 0 radical (unpaired) electrons. The second-order valence-electron chi connectivity index (χ2n) is 5.09. The first-order chi connectivity index (χ1) is 9.47. The number of aryl methyl sites for hydroxylation is 1. The quantitative estimate of drug-likeness (QED) is 0.758. The summed E-state index contributed by atoms with van der Waals surface area (Å²) < 4.78 is 0. The van der Waals surface area contributed by atoms with Crippen molar-refractivity contribution in [2.75, 3.05) is 5.32 Å². The first-order valence-corrected chi connectivity index (χ1v) is 7.40. The van der Waals surface area contributed by atoms with Crippen molar-refractivity contribution >= 4 is 28.8 Å². The monoisotopic (exact) mass is 293 g/mol. The molecule has 0 aliphatic carbocycles. The van der Waals surface area contributed by atoms with Crippen LogP contribution in [0.5, 0.6) is 0 Å². The Labute approximate surface area is 126 Å². The number of anilines is 1. The highest BCUT2D eigenvalue weighted by atomic mass is 32.1. The molecule has 0 aliphatic rings. The van der Waals surface area contributed by atoms with Gasteiger partial charge >= 0.3 is 0 Å². The van der Waals surface area contributed by atoms with Gasteiger partial charge in [0.2, 0.25) is 5.91 Å². The first-order valence-electron chi connectivity index (χ1n) is 7.00. The largest absolute Gasteiger partial charge is 0.392 e. The minimum absolute atomic E-state index is 0.121. The normalized spacial score (nSPS) is 11.2. The number of nitrogens with zero attached hydrogens (tertiary/aromatic N) is 1. The average Bonchev–Trinajstić information content (AvgIpc) is 2.40. The molecule has 20 heavy (non-hydrogen) atoms. The molecular formula is C15H23N3OS. The van der Waals surface area contributed by atoms with Crippen molar-refractivity contribution in [3.8, 4) is 0 Å². The molecule has 0 saturated carbocycles. The molecule has 1 aromatic heterocycles. The van der Waals surface area contributed by atoms with Gasteiger partial charge in [0.15, 0.2) is 0 Å². The Morgan fingerprint density at radius 2 is 2.00 bits per heavy atom. The molecule has 0 unspecified atom stereocenters. The fourth-order valence-corrected chi connectivity index (χ4v) is 2.70. The van der Waals surface area contributed by atoms with Crippen LogP contribution in [-0.2, 0) is 4.79 Å². The number of amides is 1. The van der Waals surface area contributed by atoms with E-state index in [1.165, 1.54) is 0 Å². The summed E-state index contributed by atoms with van der Waals surface area (Å²) in [5, 5.41) is 2.93. The second kappa shape index (κ2) is 7.33. The number of hydrogen-bond donors (Lipinski definition) is 2. The van der Waals surface area contributed by atoms with E-state index in [9.17, 15) is 4.79 Å². The fourth-order valence-electron chi connectivity index (χ4n) is 2.40. The van der Waals surface area contributed by atoms with E-state index in [-0.39, 0.29) is 10.9 Å². The third-order valence-corrected chi connectivity index (χ3v) is 3.94. The molecule has 1 heterocycles. The summed E-state index contributed by atoms with van der Waals surface area (Å²) in [5.74, 6) is -0.121. The summed E-state index contributed by atoms with van der Waals surface area (Å²) in [4.78, 5) is 17.0. The smallest absolute Gasteiger partial charge is 0.237 e. The summed E-state index contributed by atoms with van der Waals surface area (Å²) in [5.41, 5.74) is 6.81. The number of thiocarbonyl (C=S) groups is 1. The number of rotatable bonds is 7. The zero-order valence-corrected chi connectivity index (χ0v) is 13.2. The van der Waals surface area contributed by atoms with E-state index in [2.05, 4.69) is 10.3 Å². The van der Waals surface area contributed by atoms with Crippen molar-refractivity contribution < 1.29 is 4.79 Å². The lowest BCUT2D eigenvalue weighted by atomic mass is 9.78. The van der Waals surface area contributed by atoms with E-state index < -0.39 is 5.41 Å². The third-order valence-electron chi connectivity index (χ3n) is 3.55. The van der Waals surface area contributed by atoms with Crippen LogP contribution in [0.4, 0.5) is 5.69 Å². The Hall–Kier alpha value is -1.49. The van der Waals surface area contributed by atoms with E-state index in [4.69, 9.17) is 18.0 Å². The number of nitrogens with two attached hydrogens (primary N) is 1. The molecule has 0 aromatic carbocycles. The van der Waals surface area contributed by atoms with Crippen LogP contribution in [0.2, 0.25) is 0 Å². The van der Waals surface area contributed by atoms with Crippen molar-refractivity contribution in [3.05, 3.63) is 24.0 Å². The second-order valence-corrected chi connectivity index (χ2v) is 5.53. The zero-order valence-electron chi connectivity index (χ0n) is 12.4. The number of carbonyl (C=O) groups excluding carboxylic acids is 1. The Bertz CT molecular complexity index is 482. The number of nitrogens with one attached hydrogen (secondary N) is 1. The van der Waals surface area contributed by atoms with Crippen LogP contribution in [0.1, 0.15) is 45.1 Å². The van der Waals surface area contributed by atoms with E-state index >= 15 is 0 Å². The molecule has 0 atom stereocenters. The number of carbonyl (C=O) groups is 1. The maximum Gasteiger partial charge on any atom is 0.237 e. The Kier molecular flexibility index (Phi) is 6.07. The lowest BCUT2D eigenvalue weighted by Crippen LogP contribution is -2.46. The van der Waals surface area contributed by atoms with Gasteiger partial charge in [-0.05, 0) is 31.4 Å². The number of aromatic nitrogens is 1. The van der Waals surface area contributed by atoms with Gasteiger partial charge in [-0.2, -0.15) is 0 Å². The number of hydrogen-bond acceptors (Lipinski definition) is 3. The van der Waals surface area contributed by atoms with Crippen molar-refractivity contribution in [1.82, 2.24) is 4.98 Å². The van der Waals surface area contributed by atoms with Gasteiger partial charge in [0.25, 0.3) is 0 Å². The van der Waals surface area contributed by atoms with Gasteiger partial charge in [-0.15, -0.1) is 0 Å². The van der Waals surface area contributed by atoms with Crippen LogP contribution in [0.25, 0.3) is 0 Å². The summed E-state index contributed by atoms with van der Waals surface area (Å²) in [6.07, 6.45) is 6.40. The van der Waals surface area contributed by atoms with Gasteiger partial charge in [0.1, 0.15) is 0 Å². The van der Waals surface area contributed by atoms with E-state index in [0.29, 0.717) is 18.5 Å². The minimum Gasteiger partial charge on any atom is -0.392 e. The summed E-state index contributed by atoms with van der Waals surface area (Å²) in [7, 11) is 0. The van der Waals surface area contributed by atoms with Gasteiger partial charge in [-0.1, -0.05) is 38.9 Å².